The van der Waals surface area contributed by atoms with Crippen LogP contribution in [-0.2, 0) is 10.2 Å². The monoisotopic (exact) mass is 338 g/mol. The minimum absolute atomic E-state index is 0.181. The number of anilines is 2. The number of carbonyl (C=O) groups is 2. The third kappa shape index (κ3) is 4.08. The van der Waals surface area contributed by atoms with Crippen LogP contribution in [0, 0.1) is 0 Å². The second-order valence-electron chi connectivity index (χ2n) is 7.37. The fourth-order valence-corrected chi connectivity index (χ4v) is 2.76. The third-order valence-electron chi connectivity index (χ3n) is 4.10. The summed E-state index contributed by atoms with van der Waals surface area (Å²) in [6, 6.07) is 14.8. The number of rotatable bonds is 3. The van der Waals surface area contributed by atoms with E-state index < -0.39 is 0 Å². The predicted octanol–water partition coefficient (Wildman–Crippen LogP) is 4.24. The molecular weight excluding hydrogens is 312 g/mol. The summed E-state index contributed by atoms with van der Waals surface area (Å²) in [5.74, 6) is -0.604. The molecule has 0 saturated heterocycles. The Morgan fingerprint density at radius 2 is 1.44 bits per heavy atom. The molecule has 0 aliphatic rings. The van der Waals surface area contributed by atoms with Gasteiger partial charge in [-0.2, -0.15) is 0 Å². The molecule has 2 rings (SSSR count). The summed E-state index contributed by atoms with van der Waals surface area (Å²) in [5, 5.41) is 0. The van der Waals surface area contributed by atoms with Crippen LogP contribution in [0.4, 0.5) is 11.4 Å². The molecule has 0 aliphatic heterocycles. The van der Waals surface area contributed by atoms with Crippen LogP contribution in [-0.4, -0.2) is 25.9 Å². The molecule has 0 unspecified atom stereocenters. The first-order valence-electron chi connectivity index (χ1n) is 8.35. The van der Waals surface area contributed by atoms with E-state index >= 15 is 0 Å². The van der Waals surface area contributed by atoms with Crippen LogP contribution in [0.5, 0.6) is 0 Å². The Labute approximate surface area is 150 Å². The number of hydrogen-bond donors (Lipinski definition) is 0. The van der Waals surface area contributed by atoms with E-state index in [1.54, 1.807) is 12.1 Å². The number of carbonyl (C=O) groups excluding carboxylic acids is 2. The maximum absolute atomic E-state index is 13.0. The van der Waals surface area contributed by atoms with Crippen molar-refractivity contribution >= 4 is 23.2 Å². The van der Waals surface area contributed by atoms with Crippen LogP contribution in [0.25, 0.3) is 0 Å². The number of imide groups is 1. The summed E-state index contributed by atoms with van der Waals surface area (Å²) in [6.07, 6.45) is 0. The molecule has 0 fully saturated rings. The molecule has 2 aromatic carbocycles. The average Bonchev–Trinajstić information content (AvgIpc) is 2.54. The number of amides is 2. The summed E-state index contributed by atoms with van der Waals surface area (Å²) in [5.41, 5.74) is 2.91. The second-order valence-corrected chi connectivity index (χ2v) is 7.37. The Hall–Kier alpha value is -2.62. The van der Waals surface area contributed by atoms with Crippen molar-refractivity contribution < 1.29 is 9.59 Å². The molecule has 0 aliphatic carbocycles. The van der Waals surface area contributed by atoms with Crippen molar-refractivity contribution in [2.24, 2.45) is 0 Å². The lowest BCUT2D eigenvalue weighted by molar-refractivity contribution is -0.115. The van der Waals surface area contributed by atoms with E-state index in [2.05, 4.69) is 20.8 Å². The molecule has 25 heavy (non-hydrogen) atoms. The van der Waals surface area contributed by atoms with Crippen LogP contribution in [0.2, 0.25) is 0 Å². The van der Waals surface area contributed by atoms with Gasteiger partial charge in [0, 0.05) is 32.3 Å². The number of nitrogens with zero attached hydrogens (tertiary/aromatic N) is 2. The fourth-order valence-electron chi connectivity index (χ4n) is 2.76. The first kappa shape index (κ1) is 18.7. The lowest BCUT2D eigenvalue weighted by Gasteiger charge is -2.28. The van der Waals surface area contributed by atoms with Gasteiger partial charge in [0.2, 0.25) is 5.91 Å². The van der Waals surface area contributed by atoms with Crippen molar-refractivity contribution in [2.75, 3.05) is 23.9 Å². The van der Waals surface area contributed by atoms with E-state index in [4.69, 9.17) is 0 Å². The zero-order chi connectivity index (χ0) is 18.8. The van der Waals surface area contributed by atoms with E-state index in [0.29, 0.717) is 11.3 Å². The molecule has 0 heterocycles. The quantitative estimate of drug-likeness (QED) is 0.840. The average molecular weight is 338 g/mol. The van der Waals surface area contributed by atoms with E-state index in [0.717, 1.165) is 11.3 Å². The summed E-state index contributed by atoms with van der Waals surface area (Å²) in [7, 11) is 3.89. The summed E-state index contributed by atoms with van der Waals surface area (Å²) < 4.78 is 0. The van der Waals surface area contributed by atoms with Crippen LogP contribution in [0.15, 0.2) is 48.5 Å². The van der Waals surface area contributed by atoms with Crippen LogP contribution in [0.3, 0.4) is 0 Å². The van der Waals surface area contributed by atoms with Gasteiger partial charge >= 0.3 is 0 Å². The first-order valence-corrected chi connectivity index (χ1v) is 8.35. The van der Waals surface area contributed by atoms with Crippen molar-refractivity contribution in [2.45, 2.75) is 33.1 Å². The smallest absolute Gasteiger partial charge is 0.265 e. The maximum atomic E-state index is 13.0. The zero-order valence-corrected chi connectivity index (χ0v) is 15.8. The lowest BCUT2D eigenvalue weighted by atomic mass is 9.85. The van der Waals surface area contributed by atoms with Crippen LogP contribution in [0.1, 0.15) is 43.6 Å². The van der Waals surface area contributed by atoms with Gasteiger partial charge in [-0.25, -0.2) is 4.90 Å². The van der Waals surface area contributed by atoms with Gasteiger partial charge < -0.3 is 4.90 Å². The Morgan fingerprint density at radius 3 is 1.92 bits per heavy atom. The van der Waals surface area contributed by atoms with E-state index in [-0.39, 0.29) is 17.2 Å². The molecule has 0 radical (unpaired) electrons. The van der Waals surface area contributed by atoms with Crippen molar-refractivity contribution in [3.63, 3.8) is 0 Å². The molecule has 2 amide bonds. The van der Waals surface area contributed by atoms with Crippen molar-refractivity contribution in [3.8, 4) is 0 Å². The Bertz CT molecular complexity index is 771. The molecule has 2 aromatic rings. The van der Waals surface area contributed by atoms with Gasteiger partial charge in [0.1, 0.15) is 0 Å². The van der Waals surface area contributed by atoms with Gasteiger partial charge in [0.05, 0.1) is 5.69 Å². The standard InChI is InChI=1S/C21H26N2O2/c1-15(24)23(19-10-8-7-9-18(19)21(2,3)4)20(25)16-11-13-17(14-12-16)22(5)6/h7-14H,1-6H3. The number of para-hydroxylation sites is 1. The summed E-state index contributed by atoms with van der Waals surface area (Å²) >= 11 is 0. The van der Waals surface area contributed by atoms with Crippen molar-refractivity contribution in [3.05, 3.63) is 59.7 Å². The predicted molar refractivity (Wildman–Crippen MR) is 103 cm³/mol. The summed E-state index contributed by atoms with van der Waals surface area (Å²) in [6.45, 7) is 7.63. The minimum Gasteiger partial charge on any atom is -0.378 e. The molecule has 0 spiro atoms. The molecule has 132 valence electrons. The van der Waals surface area contributed by atoms with Gasteiger partial charge in [-0.3, -0.25) is 9.59 Å². The van der Waals surface area contributed by atoms with E-state index in [1.807, 2.05) is 55.4 Å². The molecule has 0 N–H and O–H groups in total. The lowest BCUT2D eigenvalue weighted by Crippen LogP contribution is -2.37. The normalized spacial score (nSPS) is 11.1. The van der Waals surface area contributed by atoms with Crippen LogP contribution < -0.4 is 9.80 Å². The van der Waals surface area contributed by atoms with Gasteiger partial charge in [0.15, 0.2) is 0 Å². The largest absolute Gasteiger partial charge is 0.378 e. The highest BCUT2D eigenvalue weighted by molar-refractivity contribution is 6.21. The highest BCUT2D eigenvalue weighted by Crippen LogP contribution is 2.32. The molecule has 4 nitrogen and oxygen atoms in total. The Morgan fingerprint density at radius 1 is 0.880 bits per heavy atom. The van der Waals surface area contributed by atoms with Crippen molar-refractivity contribution in [1.82, 2.24) is 0 Å². The molecular formula is C21H26N2O2. The second kappa shape index (κ2) is 7.09. The molecule has 0 saturated carbocycles. The topological polar surface area (TPSA) is 40.6 Å². The highest BCUT2D eigenvalue weighted by Gasteiger charge is 2.27. The van der Waals surface area contributed by atoms with Gasteiger partial charge in [-0.15, -0.1) is 0 Å². The SMILES string of the molecule is CC(=O)N(C(=O)c1ccc(N(C)C)cc1)c1ccccc1C(C)(C)C. The molecule has 0 atom stereocenters. The maximum Gasteiger partial charge on any atom is 0.265 e. The van der Waals surface area contributed by atoms with Crippen molar-refractivity contribution in [1.29, 1.82) is 0 Å². The molecule has 0 bridgehead atoms. The van der Waals surface area contributed by atoms with E-state index in [9.17, 15) is 9.59 Å². The summed E-state index contributed by atoms with van der Waals surface area (Å²) in [4.78, 5) is 28.6. The van der Waals surface area contributed by atoms with Gasteiger partial charge in [-0.05, 0) is 41.3 Å². The van der Waals surface area contributed by atoms with Gasteiger partial charge in [-0.1, -0.05) is 39.0 Å². The first-order chi connectivity index (χ1) is 11.6. The minimum atomic E-state index is -0.311. The van der Waals surface area contributed by atoms with Crippen LogP contribution >= 0.6 is 0 Å². The Kier molecular flexibility index (Phi) is 5.31. The fraction of sp³-hybridized carbons (Fsp3) is 0.333. The molecule has 0 aromatic heterocycles. The van der Waals surface area contributed by atoms with E-state index in [1.165, 1.54) is 11.8 Å². The zero-order valence-electron chi connectivity index (χ0n) is 15.8. The Balaban J connectivity index is 2.49. The highest BCUT2D eigenvalue weighted by atomic mass is 16.2. The number of benzene rings is 2. The third-order valence-corrected chi connectivity index (χ3v) is 4.10. The van der Waals surface area contributed by atoms with Gasteiger partial charge in [0.25, 0.3) is 5.91 Å². The molecule has 4 heteroatoms. The number of hydrogen-bond acceptors (Lipinski definition) is 3.